The van der Waals surface area contributed by atoms with Crippen molar-refractivity contribution in [3.8, 4) is 0 Å². The Bertz CT molecular complexity index is 342. The molecule has 2 rings (SSSR count). The van der Waals surface area contributed by atoms with Crippen molar-refractivity contribution >= 4 is 5.78 Å². The van der Waals surface area contributed by atoms with Crippen LogP contribution < -0.4 is 0 Å². The molecule has 2 nitrogen and oxygen atoms in total. The van der Waals surface area contributed by atoms with Gasteiger partial charge in [0.2, 0.25) is 0 Å². The molecule has 1 heterocycles. The number of rotatable bonds is 1. The molecular formula is C12H15NO. The first kappa shape index (κ1) is 9.41. The zero-order valence-corrected chi connectivity index (χ0v) is 8.66. The minimum Gasteiger partial charge on any atom is -0.297 e. The molecule has 0 bridgehead atoms. The van der Waals surface area contributed by atoms with Gasteiger partial charge in [0, 0.05) is 13.0 Å². The summed E-state index contributed by atoms with van der Waals surface area (Å²) in [6.07, 6.45) is 0.690. The van der Waals surface area contributed by atoms with E-state index in [0.29, 0.717) is 12.2 Å². The van der Waals surface area contributed by atoms with Crippen LogP contribution in [0.2, 0.25) is 0 Å². The molecule has 1 aromatic carbocycles. The molecule has 0 N–H and O–H groups in total. The normalized spacial score (nSPS) is 23.0. The summed E-state index contributed by atoms with van der Waals surface area (Å²) in [6, 6.07) is 8.24. The van der Waals surface area contributed by atoms with Crippen LogP contribution in [0.1, 0.15) is 23.6 Å². The van der Waals surface area contributed by atoms with Crippen LogP contribution in [0, 0.1) is 6.92 Å². The number of carbonyl (C=O) groups is 1. The fourth-order valence-electron chi connectivity index (χ4n) is 1.99. The SMILES string of the molecule is Cc1ccc(C2C(=O)CCN2C)cc1. The van der Waals surface area contributed by atoms with E-state index < -0.39 is 0 Å². The lowest BCUT2D eigenvalue weighted by molar-refractivity contribution is -0.119. The molecule has 1 unspecified atom stereocenters. The highest BCUT2D eigenvalue weighted by Gasteiger charge is 2.30. The molecule has 0 aliphatic carbocycles. The van der Waals surface area contributed by atoms with Gasteiger partial charge in [-0.15, -0.1) is 0 Å². The predicted octanol–water partition coefficient (Wildman–Crippen LogP) is 1.94. The lowest BCUT2D eigenvalue weighted by Crippen LogP contribution is -2.20. The maximum absolute atomic E-state index is 11.6. The summed E-state index contributed by atoms with van der Waals surface area (Å²) in [4.78, 5) is 13.7. The smallest absolute Gasteiger partial charge is 0.155 e. The number of hydrogen-bond donors (Lipinski definition) is 0. The summed E-state index contributed by atoms with van der Waals surface area (Å²) < 4.78 is 0. The van der Waals surface area contributed by atoms with E-state index in [4.69, 9.17) is 0 Å². The first-order valence-electron chi connectivity index (χ1n) is 4.98. The Labute approximate surface area is 84.5 Å². The Morgan fingerprint density at radius 1 is 1.29 bits per heavy atom. The zero-order valence-electron chi connectivity index (χ0n) is 8.66. The second kappa shape index (κ2) is 3.54. The molecule has 0 amide bonds. The van der Waals surface area contributed by atoms with Crippen LogP contribution in [-0.4, -0.2) is 24.3 Å². The highest BCUT2D eigenvalue weighted by molar-refractivity contribution is 5.87. The van der Waals surface area contributed by atoms with Gasteiger partial charge in [-0.25, -0.2) is 0 Å². The van der Waals surface area contributed by atoms with Crippen molar-refractivity contribution < 1.29 is 4.79 Å². The standard InChI is InChI=1S/C12H15NO/c1-9-3-5-10(6-4-9)12-11(14)7-8-13(12)2/h3-6,12H,7-8H2,1-2H3. The molecule has 1 atom stereocenters. The predicted molar refractivity (Wildman–Crippen MR) is 56.2 cm³/mol. The number of hydrogen-bond acceptors (Lipinski definition) is 2. The Morgan fingerprint density at radius 3 is 2.43 bits per heavy atom. The van der Waals surface area contributed by atoms with Gasteiger partial charge in [0.1, 0.15) is 0 Å². The molecule has 1 saturated heterocycles. The number of aryl methyl sites for hydroxylation is 1. The maximum atomic E-state index is 11.6. The number of nitrogens with zero attached hydrogens (tertiary/aromatic N) is 1. The van der Waals surface area contributed by atoms with Crippen LogP contribution in [0.25, 0.3) is 0 Å². The summed E-state index contributed by atoms with van der Waals surface area (Å²) in [7, 11) is 2.01. The first-order chi connectivity index (χ1) is 6.68. The highest BCUT2D eigenvalue weighted by Crippen LogP contribution is 2.27. The van der Waals surface area contributed by atoms with E-state index in [2.05, 4.69) is 36.1 Å². The third-order valence-corrected chi connectivity index (χ3v) is 2.85. The van der Waals surface area contributed by atoms with Crippen molar-refractivity contribution in [2.24, 2.45) is 0 Å². The lowest BCUT2D eigenvalue weighted by atomic mass is 10.0. The monoisotopic (exact) mass is 189 g/mol. The fraction of sp³-hybridized carbons (Fsp3) is 0.417. The fourth-order valence-corrected chi connectivity index (χ4v) is 1.99. The Balaban J connectivity index is 2.30. The number of benzene rings is 1. The van der Waals surface area contributed by atoms with Gasteiger partial charge in [0.05, 0.1) is 6.04 Å². The van der Waals surface area contributed by atoms with Crippen molar-refractivity contribution in [3.05, 3.63) is 35.4 Å². The van der Waals surface area contributed by atoms with Gasteiger partial charge >= 0.3 is 0 Å². The quantitative estimate of drug-likeness (QED) is 0.673. The molecule has 0 spiro atoms. The number of likely N-dealkylation sites (N-methyl/N-ethyl adjacent to an activating group) is 1. The third kappa shape index (κ3) is 1.58. The summed E-state index contributed by atoms with van der Waals surface area (Å²) in [5.74, 6) is 0.344. The Kier molecular flexibility index (Phi) is 2.38. The Hall–Kier alpha value is -1.15. The molecule has 0 saturated carbocycles. The van der Waals surface area contributed by atoms with Crippen LogP contribution in [-0.2, 0) is 4.79 Å². The van der Waals surface area contributed by atoms with Gasteiger partial charge in [-0.3, -0.25) is 9.69 Å². The largest absolute Gasteiger partial charge is 0.297 e. The number of likely N-dealkylation sites (tertiary alicyclic amines) is 1. The van der Waals surface area contributed by atoms with E-state index >= 15 is 0 Å². The van der Waals surface area contributed by atoms with E-state index in [0.717, 1.165) is 12.1 Å². The zero-order chi connectivity index (χ0) is 10.1. The van der Waals surface area contributed by atoms with Crippen LogP contribution in [0.4, 0.5) is 0 Å². The van der Waals surface area contributed by atoms with E-state index in [1.54, 1.807) is 0 Å². The summed E-state index contributed by atoms with van der Waals surface area (Å²) >= 11 is 0. The van der Waals surface area contributed by atoms with Crippen molar-refractivity contribution in [3.63, 3.8) is 0 Å². The third-order valence-electron chi connectivity index (χ3n) is 2.85. The van der Waals surface area contributed by atoms with Crippen LogP contribution in [0.15, 0.2) is 24.3 Å². The maximum Gasteiger partial charge on any atom is 0.155 e. The van der Waals surface area contributed by atoms with Gasteiger partial charge in [-0.05, 0) is 19.5 Å². The van der Waals surface area contributed by atoms with E-state index in [1.807, 2.05) is 7.05 Å². The van der Waals surface area contributed by atoms with Gasteiger partial charge in [-0.2, -0.15) is 0 Å². The summed E-state index contributed by atoms with van der Waals surface area (Å²) in [6.45, 7) is 2.95. The molecule has 14 heavy (non-hydrogen) atoms. The van der Waals surface area contributed by atoms with E-state index in [9.17, 15) is 4.79 Å². The number of ketones is 1. The lowest BCUT2D eigenvalue weighted by Gasteiger charge is -2.18. The second-order valence-electron chi connectivity index (χ2n) is 4.01. The molecule has 2 heteroatoms. The Morgan fingerprint density at radius 2 is 1.93 bits per heavy atom. The minimum atomic E-state index is -0.00407. The van der Waals surface area contributed by atoms with Gasteiger partial charge < -0.3 is 0 Å². The molecule has 74 valence electrons. The molecule has 1 fully saturated rings. The average Bonchev–Trinajstić information content (AvgIpc) is 2.49. The molecular weight excluding hydrogens is 174 g/mol. The second-order valence-corrected chi connectivity index (χ2v) is 4.01. The van der Waals surface area contributed by atoms with Crippen molar-refractivity contribution in [2.75, 3.05) is 13.6 Å². The van der Waals surface area contributed by atoms with E-state index in [-0.39, 0.29) is 6.04 Å². The molecule has 1 aliphatic heterocycles. The molecule has 0 aromatic heterocycles. The van der Waals surface area contributed by atoms with Crippen LogP contribution >= 0.6 is 0 Å². The number of carbonyl (C=O) groups excluding carboxylic acids is 1. The van der Waals surface area contributed by atoms with Crippen LogP contribution in [0.5, 0.6) is 0 Å². The first-order valence-corrected chi connectivity index (χ1v) is 4.98. The van der Waals surface area contributed by atoms with Crippen molar-refractivity contribution in [2.45, 2.75) is 19.4 Å². The van der Waals surface area contributed by atoms with Gasteiger partial charge in [0.25, 0.3) is 0 Å². The van der Waals surface area contributed by atoms with Crippen LogP contribution in [0.3, 0.4) is 0 Å². The highest BCUT2D eigenvalue weighted by atomic mass is 16.1. The molecule has 0 radical (unpaired) electrons. The van der Waals surface area contributed by atoms with Gasteiger partial charge in [-0.1, -0.05) is 29.8 Å². The topological polar surface area (TPSA) is 20.3 Å². The van der Waals surface area contributed by atoms with Crippen molar-refractivity contribution in [1.29, 1.82) is 0 Å². The van der Waals surface area contributed by atoms with Crippen molar-refractivity contribution in [1.82, 2.24) is 4.90 Å². The van der Waals surface area contributed by atoms with Gasteiger partial charge in [0.15, 0.2) is 5.78 Å². The molecule has 1 aliphatic rings. The average molecular weight is 189 g/mol. The number of Topliss-reactive ketones (excluding diaryl/α,β-unsaturated/α-hetero) is 1. The summed E-state index contributed by atoms with van der Waals surface area (Å²) in [5, 5.41) is 0. The van der Waals surface area contributed by atoms with E-state index in [1.165, 1.54) is 5.56 Å². The minimum absolute atomic E-state index is 0.00407. The summed E-state index contributed by atoms with van der Waals surface area (Å²) in [5.41, 5.74) is 2.36. The molecule has 1 aromatic rings.